The highest BCUT2D eigenvalue weighted by Gasteiger charge is 2.20. The molecule has 16 heavy (non-hydrogen) atoms. The van der Waals surface area contributed by atoms with E-state index in [1.54, 1.807) is 0 Å². The summed E-state index contributed by atoms with van der Waals surface area (Å²) in [4.78, 5) is 0. The van der Waals surface area contributed by atoms with Crippen molar-refractivity contribution in [3.05, 3.63) is 30.6 Å². The molecule has 0 aromatic carbocycles. The Hall–Kier alpha value is -1.11. The summed E-state index contributed by atoms with van der Waals surface area (Å²) in [6, 6.07) is 6.17. The van der Waals surface area contributed by atoms with Gasteiger partial charge in [0.2, 0.25) is 0 Å². The van der Waals surface area contributed by atoms with Crippen LogP contribution in [0, 0.1) is 0 Å². The average molecular weight is 240 g/mol. The van der Waals surface area contributed by atoms with Gasteiger partial charge in [-0.25, -0.2) is 4.57 Å². The van der Waals surface area contributed by atoms with Gasteiger partial charge in [-0.15, -0.1) is 0 Å². The molecule has 3 N–H and O–H groups in total. The van der Waals surface area contributed by atoms with E-state index in [-0.39, 0.29) is 6.15 Å². The van der Waals surface area contributed by atoms with Crippen LogP contribution in [-0.2, 0) is 6.54 Å². The lowest BCUT2D eigenvalue weighted by atomic mass is 10.3. The first-order chi connectivity index (χ1) is 6.93. The van der Waals surface area contributed by atoms with Crippen LogP contribution in [-0.4, -0.2) is 7.25 Å². The lowest BCUT2D eigenvalue weighted by molar-refractivity contribution is -0.697. The Morgan fingerprint density at radius 3 is 1.81 bits per heavy atom. The number of unbranched alkanes of at least 4 members (excludes halogenated alkanes) is 1. The Kier molecular flexibility index (Phi) is 9.88. The van der Waals surface area contributed by atoms with Crippen LogP contribution in [0.3, 0.4) is 0 Å². The highest BCUT2D eigenvalue weighted by atomic mass is 19.5. The summed E-state index contributed by atoms with van der Waals surface area (Å²) in [6.07, 6.45) is 6.75. The summed E-state index contributed by atoms with van der Waals surface area (Å²) in [5, 5.41) is 0. The minimum absolute atomic E-state index is 0. The first-order valence-corrected chi connectivity index (χ1v) is 4.75. The minimum atomic E-state index is -6.00. The van der Waals surface area contributed by atoms with Crippen LogP contribution in [0.5, 0.6) is 0 Å². The van der Waals surface area contributed by atoms with Gasteiger partial charge < -0.3 is 23.4 Å². The van der Waals surface area contributed by atoms with Crippen LogP contribution < -0.4 is 10.7 Å². The van der Waals surface area contributed by atoms with E-state index in [2.05, 4.69) is 36.0 Å². The van der Waals surface area contributed by atoms with Crippen molar-refractivity contribution < 1.29 is 21.8 Å². The number of rotatable bonds is 3. The van der Waals surface area contributed by atoms with Crippen molar-refractivity contribution >= 4 is 7.25 Å². The molecule has 0 amide bonds. The maximum absolute atomic E-state index is 9.75. The molecule has 2 nitrogen and oxygen atoms in total. The van der Waals surface area contributed by atoms with Crippen LogP contribution in [0.1, 0.15) is 19.8 Å². The number of aromatic nitrogens is 1. The summed E-state index contributed by atoms with van der Waals surface area (Å²) >= 11 is 0. The summed E-state index contributed by atoms with van der Waals surface area (Å²) in [5.74, 6) is 0. The predicted molar refractivity (Wildman–Crippen MR) is 56.8 cm³/mol. The highest BCUT2D eigenvalue weighted by Crippen LogP contribution is 2.06. The number of hydrogen-bond acceptors (Lipinski definition) is 1. The molecule has 0 saturated heterocycles. The minimum Gasteiger partial charge on any atom is -0.418 e. The maximum Gasteiger partial charge on any atom is 0.673 e. The van der Waals surface area contributed by atoms with E-state index < -0.39 is 7.25 Å². The van der Waals surface area contributed by atoms with Crippen LogP contribution in [0.2, 0.25) is 0 Å². The van der Waals surface area contributed by atoms with Crippen LogP contribution in [0.25, 0.3) is 0 Å². The van der Waals surface area contributed by atoms with E-state index >= 15 is 0 Å². The van der Waals surface area contributed by atoms with Crippen molar-refractivity contribution in [3.8, 4) is 0 Å². The Morgan fingerprint density at radius 2 is 1.44 bits per heavy atom. The molecule has 0 fully saturated rings. The molecule has 0 aliphatic rings. The average Bonchev–Trinajstić information content (AvgIpc) is 2.14. The van der Waals surface area contributed by atoms with E-state index in [1.807, 2.05) is 6.07 Å². The van der Waals surface area contributed by atoms with Crippen molar-refractivity contribution in [2.45, 2.75) is 26.3 Å². The summed E-state index contributed by atoms with van der Waals surface area (Å²) < 4.78 is 41.2. The molecule has 1 heterocycles. The van der Waals surface area contributed by atoms with Crippen molar-refractivity contribution in [2.24, 2.45) is 0 Å². The molecule has 0 saturated carbocycles. The molecule has 1 aromatic rings. The largest absolute Gasteiger partial charge is 0.673 e. The SMILES string of the molecule is CCCC[n+]1ccccc1.F[B-](F)(F)F.N. The van der Waals surface area contributed by atoms with Gasteiger partial charge in [-0.05, 0) is 0 Å². The van der Waals surface area contributed by atoms with Gasteiger partial charge >= 0.3 is 7.25 Å². The molecule has 0 atom stereocenters. The van der Waals surface area contributed by atoms with Gasteiger partial charge in [-0.2, -0.15) is 0 Å². The third kappa shape index (κ3) is 15.4. The third-order valence-corrected chi connectivity index (χ3v) is 1.55. The van der Waals surface area contributed by atoms with Crippen molar-refractivity contribution in [3.63, 3.8) is 0 Å². The van der Waals surface area contributed by atoms with Gasteiger partial charge in [0.05, 0.1) is 0 Å². The Bertz CT molecular complexity index is 247. The first-order valence-electron chi connectivity index (χ1n) is 4.75. The predicted octanol–water partition coefficient (Wildman–Crippen LogP) is 3.24. The molecule has 1 rings (SSSR count). The van der Waals surface area contributed by atoms with E-state index in [1.165, 1.54) is 12.8 Å². The Morgan fingerprint density at radius 1 is 1.00 bits per heavy atom. The number of pyridine rings is 1. The van der Waals surface area contributed by atoms with Crippen LogP contribution in [0.15, 0.2) is 30.6 Å². The van der Waals surface area contributed by atoms with Gasteiger partial charge in [0.25, 0.3) is 0 Å². The van der Waals surface area contributed by atoms with Crippen molar-refractivity contribution in [1.29, 1.82) is 0 Å². The van der Waals surface area contributed by atoms with E-state index in [9.17, 15) is 17.3 Å². The number of halogens is 4. The zero-order valence-corrected chi connectivity index (χ0v) is 9.25. The Balaban J connectivity index is 0. The maximum atomic E-state index is 9.75. The second kappa shape index (κ2) is 9.14. The highest BCUT2D eigenvalue weighted by molar-refractivity contribution is 6.50. The molecule has 0 radical (unpaired) electrons. The molecule has 1 aromatic heterocycles. The standard InChI is InChI=1S/C9H14N.BF4.H3N/c1-2-3-7-10-8-5-4-6-9-10;2-1(3,4)5;/h4-6,8-9H,2-3,7H2,1H3;;1H3/q+1;-1;. The molecule has 0 aliphatic heterocycles. The topological polar surface area (TPSA) is 38.9 Å². The molecule has 94 valence electrons. The van der Waals surface area contributed by atoms with E-state index in [0.717, 1.165) is 6.54 Å². The zero-order chi connectivity index (χ0) is 11.7. The van der Waals surface area contributed by atoms with E-state index in [4.69, 9.17) is 0 Å². The first kappa shape index (κ1) is 17.3. The lowest BCUT2D eigenvalue weighted by Crippen LogP contribution is -2.31. The van der Waals surface area contributed by atoms with Gasteiger partial charge in [0.1, 0.15) is 6.54 Å². The van der Waals surface area contributed by atoms with Gasteiger partial charge in [0.15, 0.2) is 12.4 Å². The smallest absolute Gasteiger partial charge is 0.418 e. The van der Waals surface area contributed by atoms with Crippen molar-refractivity contribution in [2.75, 3.05) is 0 Å². The second-order valence-corrected chi connectivity index (χ2v) is 2.96. The molecule has 0 spiro atoms. The fourth-order valence-corrected chi connectivity index (χ4v) is 0.924. The van der Waals surface area contributed by atoms with Crippen molar-refractivity contribution in [1.82, 2.24) is 6.15 Å². The second-order valence-electron chi connectivity index (χ2n) is 2.96. The molecular formula is C9H17BF4N2. The summed E-state index contributed by atoms with van der Waals surface area (Å²) in [7, 11) is -6.00. The van der Waals surface area contributed by atoms with Gasteiger partial charge in [-0.3, -0.25) is 0 Å². The zero-order valence-electron chi connectivity index (χ0n) is 9.25. The van der Waals surface area contributed by atoms with Crippen LogP contribution >= 0.6 is 0 Å². The van der Waals surface area contributed by atoms with Gasteiger partial charge in [-0.1, -0.05) is 19.4 Å². The monoisotopic (exact) mass is 240 g/mol. The number of aryl methyl sites for hydroxylation is 1. The molecule has 7 heteroatoms. The number of nitrogens with zero attached hydrogens (tertiary/aromatic N) is 1. The normalized spacial score (nSPS) is 9.81. The molecule has 0 unspecified atom stereocenters. The lowest BCUT2D eigenvalue weighted by Gasteiger charge is -1.94. The van der Waals surface area contributed by atoms with E-state index in [0.29, 0.717) is 0 Å². The number of hydrogen-bond donors (Lipinski definition) is 1. The molecule has 0 aliphatic carbocycles. The molecular weight excluding hydrogens is 223 g/mol. The van der Waals surface area contributed by atoms with Gasteiger partial charge in [0, 0.05) is 18.6 Å². The summed E-state index contributed by atoms with van der Waals surface area (Å²) in [5.41, 5.74) is 0. The fourth-order valence-electron chi connectivity index (χ4n) is 0.924. The van der Waals surface area contributed by atoms with Crippen LogP contribution in [0.4, 0.5) is 17.3 Å². The molecule has 0 bridgehead atoms. The quantitative estimate of drug-likeness (QED) is 0.491. The third-order valence-electron chi connectivity index (χ3n) is 1.55. The summed E-state index contributed by atoms with van der Waals surface area (Å²) in [6.45, 7) is 3.36. The Labute approximate surface area is 93.0 Å². The fraction of sp³-hybridized carbons (Fsp3) is 0.444.